The van der Waals surface area contributed by atoms with Crippen molar-refractivity contribution in [2.75, 3.05) is 6.61 Å². The summed E-state index contributed by atoms with van der Waals surface area (Å²) in [6, 6.07) is 5.85. The molecular formula is C14H19NO2. The first-order valence-corrected chi connectivity index (χ1v) is 5.98. The highest BCUT2D eigenvalue weighted by molar-refractivity contribution is 5.95. The van der Waals surface area contributed by atoms with Crippen LogP contribution < -0.4 is 10.1 Å². The highest BCUT2D eigenvalue weighted by atomic mass is 16.5. The van der Waals surface area contributed by atoms with Gasteiger partial charge in [-0.3, -0.25) is 4.79 Å². The molecule has 0 saturated carbocycles. The average molecular weight is 233 g/mol. The molecule has 1 N–H and O–H groups in total. The molecule has 0 spiro atoms. The maximum atomic E-state index is 11.8. The van der Waals surface area contributed by atoms with Crippen LogP contribution in [-0.4, -0.2) is 18.6 Å². The fourth-order valence-corrected chi connectivity index (χ4v) is 2.02. The van der Waals surface area contributed by atoms with E-state index in [4.69, 9.17) is 4.74 Å². The van der Waals surface area contributed by atoms with Crippen molar-refractivity contribution in [2.24, 2.45) is 0 Å². The number of hydrogen-bond donors (Lipinski definition) is 1. The van der Waals surface area contributed by atoms with Gasteiger partial charge >= 0.3 is 0 Å². The molecule has 0 bridgehead atoms. The Morgan fingerprint density at radius 1 is 1.41 bits per heavy atom. The van der Waals surface area contributed by atoms with Crippen molar-refractivity contribution in [1.82, 2.24) is 5.32 Å². The van der Waals surface area contributed by atoms with Gasteiger partial charge in [0, 0.05) is 22.6 Å². The van der Waals surface area contributed by atoms with Gasteiger partial charge in [0.15, 0.2) is 0 Å². The van der Waals surface area contributed by atoms with Gasteiger partial charge in [-0.2, -0.15) is 0 Å². The van der Waals surface area contributed by atoms with Crippen molar-refractivity contribution in [3.63, 3.8) is 0 Å². The summed E-state index contributed by atoms with van der Waals surface area (Å²) in [5.41, 5.74) is 1.89. The predicted molar refractivity (Wildman–Crippen MR) is 67.6 cm³/mol. The number of amides is 1. The lowest BCUT2D eigenvalue weighted by atomic mass is 9.86. The van der Waals surface area contributed by atoms with E-state index >= 15 is 0 Å². The lowest BCUT2D eigenvalue weighted by Crippen LogP contribution is -2.30. The van der Waals surface area contributed by atoms with Gasteiger partial charge in [-0.05, 0) is 26.0 Å². The van der Waals surface area contributed by atoms with Crippen LogP contribution in [0.25, 0.3) is 0 Å². The summed E-state index contributed by atoms with van der Waals surface area (Å²) in [6.07, 6.45) is 0. The molecule has 1 heterocycles. The lowest BCUT2D eigenvalue weighted by molar-refractivity contribution is 0.0943. The topological polar surface area (TPSA) is 38.3 Å². The predicted octanol–water partition coefficient (Wildman–Crippen LogP) is 2.49. The van der Waals surface area contributed by atoms with Gasteiger partial charge in [0.25, 0.3) is 5.91 Å². The van der Waals surface area contributed by atoms with Gasteiger partial charge in [0.05, 0.1) is 6.61 Å². The van der Waals surface area contributed by atoms with E-state index in [1.54, 1.807) is 0 Å². The Kier molecular flexibility index (Phi) is 2.86. The standard InChI is InChI=1S/C14H19NO2/c1-9(2)15-13(16)10-5-6-11-12(7-10)17-8-14(11,3)4/h5-7,9H,8H2,1-4H3,(H,15,16). The quantitative estimate of drug-likeness (QED) is 0.852. The fraction of sp³-hybridized carbons (Fsp3) is 0.500. The number of rotatable bonds is 2. The van der Waals surface area contributed by atoms with Crippen LogP contribution in [0.2, 0.25) is 0 Å². The Morgan fingerprint density at radius 2 is 2.12 bits per heavy atom. The summed E-state index contributed by atoms with van der Waals surface area (Å²) >= 11 is 0. The van der Waals surface area contributed by atoms with Gasteiger partial charge in [0.1, 0.15) is 5.75 Å². The minimum atomic E-state index is -0.0453. The van der Waals surface area contributed by atoms with E-state index < -0.39 is 0 Å². The molecule has 92 valence electrons. The maximum absolute atomic E-state index is 11.8. The molecule has 2 rings (SSSR count). The minimum absolute atomic E-state index is 0.0440. The molecule has 1 aromatic carbocycles. The Hall–Kier alpha value is -1.51. The third-order valence-electron chi connectivity index (χ3n) is 2.98. The van der Waals surface area contributed by atoms with E-state index in [1.165, 1.54) is 5.56 Å². The molecule has 1 aliphatic heterocycles. The minimum Gasteiger partial charge on any atom is -0.492 e. The van der Waals surface area contributed by atoms with Crippen molar-refractivity contribution in [3.8, 4) is 5.75 Å². The number of benzene rings is 1. The molecule has 1 amide bonds. The highest BCUT2D eigenvalue weighted by Crippen LogP contribution is 2.38. The van der Waals surface area contributed by atoms with Crippen LogP contribution in [0.3, 0.4) is 0 Å². The van der Waals surface area contributed by atoms with Gasteiger partial charge in [-0.15, -0.1) is 0 Å². The SMILES string of the molecule is CC(C)NC(=O)c1ccc2c(c1)OCC2(C)C. The zero-order valence-electron chi connectivity index (χ0n) is 10.8. The average Bonchev–Trinajstić information content (AvgIpc) is 2.53. The second-order valence-electron chi connectivity index (χ2n) is 5.51. The van der Waals surface area contributed by atoms with E-state index in [0.717, 1.165) is 5.75 Å². The van der Waals surface area contributed by atoms with Crippen LogP contribution >= 0.6 is 0 Å². The lowest BCUT2D eigenvalue weighted by Gasteiger charge is -2.15. The zero-order chi connectivity index (χ0) is 12.6. The van der Waals surface area contributed by atoms with Crippen molar-refractivity contribution >= 4 is 5.91 Å². The Balaban J connectivity index is 2.27. The van der Waals surface area contributed by atoms with Gasteiger partial charge in [0.2, 0.25) is 0 Å². The number of fused-ring (bicyclic) bond motifs is 1. The van der Waals surface area contributed by atoms with Crippen molar-refractivity contribution < 1.29 is 9.53 Å². The maximum Gasteiger partial charge on any atom is 0.251 e. The summed E-state index contributed by atoms with van der Waals surface area (Å²) in [4.78, 5) is 11.8. The molecule has 3 nitrogen and oxygen atoms in total. The second kappa shape index (κ2) is 4.06. The van der Waals surface area contributed by atoms with Gasteiger partial charge in [-0.1, -0.05) is 19.9 Å². The molecule has 0 saturated heterocycles. The molecule has 0 aromatic heterocycles. The highest BCUT2D eigenvalue weighted by Gasteiger charge is 2.32. The summed E-state index contributed by atoms with van der Waals surface area (Å²) in [7, 11) is 0. The normalized spacial score (nSPS) is 16.5. The zero-order valence-corrected chi connectivity index (χ0v) is 10.8. The first-order chi connectivity index (χ1) is 7.90. The van der Waals surface area contributed by atoms with Crippen molar-refractivity contribution in [2.45, 2.75) is 39.2 Å². The summed E-state index contributed by atoms with van der Waals surface area (Å²) in [5, 5.41) is 2.88. The monoisotopic (exact) mass is 233 g/mol. The van der Waals surface area contributed by atoms with Crippen molar-refractivity contribution in [1.29, 1.82) is 0 Å². The summed E-state index contributed by atoms with van der Waals surface area (Å²) in [5.74, 6) is 0.794. The molecule has 0 unspecified atom stereocenters. The molecule has 0 aliphatic carbocycles. The number of carbonyl (C=O) groups is 1. The molecule has 0 atom stereocenters. The van der Waals surface area contributed by atoms with Gasteiger partial charge < -0.3 is 10.1 Å². The van der Waals surface area contributed by atoms with E-state index in [-0.39, 0.29) is 17.4 Å². The summed E-state index contributed by atoms with van der Waals surface area (Å²) in [6.45, 7) is 8.87. The molecule has 0 fully saturated rings. The van der Waals surface area contributed by atoms with E-state index in [1.807, 2.05) is 32.0 Å². The van der Waals surface area contributed by atoms with E-state index in [0.29, 0.717) is 12.2 Å². The molecule has 3 heteroatoms. The van der Waals surface area contributed by atoms with Gasteiger partial charge in [-0.25, -0.2) is 0 Å². The Labute approximate surface area is 102 Å². The third-order valence-corrected chi connectivity index (χ3v) is 2.98. The largest absolute Gasteiger partial charge is 0.492 e. The van der Waals surface area contributed by atoms with Crippen LogP contribution in [-0.2, 0) is 5.41 Å². The van der Waals surface area contributed by atoms with E-state index in [2.05, 4.69) is 19.2 Å². The van der Waals surface area contributed by atoms with Crippen LogP contribution in [0.15, 0.2) is 18.2 Å². The smallest absolute Gasteiger partial charge is 0.251 e. The van der Waals surface area contributed by atoms with Crippen LogP contribution in [0, 0.1) is 0 Å². The summed E-state index contributed by atoms with van der Waals surface area (Å²) < 4.78 is 5.63. The second-order valence-corrected chi connectivity index (χ2v) is 5.51. The molecule has 1 aliphatic rings. The number of hydrogen-bond acceptors (Lipinski definition) is 2. The van der Waals surface area contributed by atoms with Crippen LogP contribution in [0.4, 0.5) is 0 Å². The van der Waals surface area contributed by atoms with Crippen LogP contribution in [0.5, 0.6) is 5.75 Å². The molecular weight excluding hydrogens is 214 g/mol. The molecule has 0 radical (unpaired) electrons. The Morgan fingerprint density at radius 3 is 2.76 bits per heavy atom. The fourth-order valence-electron chi connectivity index (χ4n) is 2.02. The first-order valence-electron chi connectivity index (χ1n) is 5.98. The first kappa shape index (κ1) is 12.0. The van der Waals surface area contributed by atoms with Crippen LogP contribution in [0.1, 0.15) is 43.6 Å². The number of ether oxygens (including phenoxy) is 1. The Bertz CT molecular complexity index is 450. The van der Waals surface area contributed by atoms with E-state index in [9.17, 15) is 4.79 Å². The van der Waals surface area contributed by atoms with Crippen molar-refractivity contribution in [3.05, 3.63) is 29.3 Å². The number of carbonyl (C=O) groups excluding carboxylic acids is 1. The third kappa shape index (κ3) is 2.28. The molecule has 1 aromatic rings. The molecule has 17 heavy (non-hydrogen) atoms. The number of nitrogens with one attached hydrogen (secondary N) is 1.